The van der Waals surface area contributed by atoms with Gasteiger partial charge < -0.3 is 5.32 Å². The predicted octanol–water partition coefficient (Wildman–Crippen LogP) is 4.34. The number of benzene rings is 1. The fourth-order valence-electron chi connectivity index (χ4n) is 3.35. The molecule has 1 aromatic heterocycles. The van der Waals surface area contributed by atoms with Crippen molar-refractivity contribution in [2.24, 2.45) is 11.8 Å². The van der Waals surface area contributed by atoms with Crippen LogP contribution in [0.15, 0.2) is 30.5 Å². The molecule has 0 radical (unpaired) electrons. The number of hydrogen-bond acceptors (Lipinski definition) is 3. The number of nitrogens with one attached hydrogen (secondary N) is 1. The first-order chi connectivity index (χ1) is 10.2. The zero-order valence-electron chi connectivity index (χ0n) is 12.6. The van der Waals surface area contributed by atoms with Crippen LogP contribution in [0.2, 0.25) is 0 Å². The average Bonchev–Trinajstić information content (AvgIpc) is 2.52. The summed E-state index contributed by atoms with van der Waals surface area (Å²) in [6.07, 6.45) is 5.42. The van der Waals surface area contributed by atoms with Crippen LogP contribution in [0.5, 0.6) is 0 Å². The number of para-hydroxylation sites is 1. The molecule has 1 fully saturated rings. The van der Waals surface area contributed by atoms with Gasteiger partial charge in [-0.2, -0.15) is 5.26 Å². The highest BCUT2D eigenvalue weighted by molar-refractivity contribution is 5.93. The molecule has 0 amide bonds. The van der Waals surface area contributed by atoms with E-state index in [9.17, 15) is 5.26 Å². The summed E-state index contributed by atoms with van der Waals surface area (Å²) >= 11 is 0. The Hall–Kier alpha value is -2.08. The van der Waals surface area contributed by atoms with Gasteiger partial charge in [-0.3, -0.25) is 4.98 Å². The van der Waals surface area contributed by atoms with E-state index in [0.717, 1.165) is 22.5 Å². The maximum Gasteiger partial charge on any atom is 0.103 e. The van der Waals surface area contributed by atoms with Crippen LogP contribution in [-0.4, -0.2) is 11.0 Å². The minimum absolute atomic E-state index is 0.437. The smallest absolute Gasteiger partial charge is 0.103 e. The van der Waals surface area contributed by atoms with E-state index >= 15 is 0 Å². The third kappa shape index (κ3) is 2.58. The molecule has 1 aromatic carbocycles. The van der Waals surface area contributed by atoms with Crippen molar-refractivity contribution < 1.29 is 0 Å². The molecule has 1 heterocycles. The molecule has 1 aliphatic rings. The van der Waals surface area contributed by atoms with E-state index in [4.69, 9.17) is 0 Å². The molecule has 3 rings (SSSR count). The largest absolute Gasteiger partial charge is 0.380 e. The van der Waals surface area contributed by atoms with Gasteiger partial charge in [0.05, 0.1) is 16.8 Å². The fraction of sp³-hybridized carbons (Fsp3) is 0.444. The summed E-state index contributed by atoms with van der Waals surface area (Å²) in [5, 5.41) is 14.1. The summed E-state index contributed by atoms with van der Waals surface area (Å²) in [5.74, 6) is 1.35. The van der Waals surface area contributed by atoms with Gasteiger partial charge in [0.15, 0.2) is 0 Å². The topological polar surface area (TPSA) is 48.7 Å². The van der Waals surface area contributed by atoms with E-state index < -0.39 is 0 Å². The molecular weight excluding hydrogens is 258 g/mol. The Balaban J connectivity index is 2.01. The second-order valence-electron chi connectivity index (χ2n) is 6.19. The lowest BCUT2D eigenvalue weighted by molar-refractivity contribution is 0.253. The normalized spacial score (nSPS) is 25.5. The molecule has 3 nitrogen and oxygen atoms in total. The Morgan fingerprint density at radius 2 is 2.05 bits per heavy atom. The van der Waals surface area contributed by atoms with Crippen LogP contribution >= 0.6 is 0 Å². The van der Waals surface area contributed by atoms with Crippen LogP contribution in [0, 0.1) is 23.2 Å². The quantitative estimate of drug-likeness (QED) is 0.889. The number of pyridine rings is 1. The van der Waals surface area contributed by atoms with Crippen molar-refractivity contribution in [3.05, 3.63) is 36.0 Å². The van der Waals surface area contributed by atoms with Crippen molar-refractivity contribution in [2.45, 2.75) is 39.2 Å². The van der Waals surface area contributed by atoms with E-state index in [1.807, 2.05) is 24.3 Å². The zero-order valence-corrected chi connectivity index (χ0v) is 12.6. The Labute approximate surface area is 126 Å². The predicted molar refractivity (Wildman–Crippen MR) is 86.0 cm³/mol. The molecule has 0 spiro atoms. The minimum Gasteiger partial charge on any atom is -0.380 e. The first-order valence-corrected chi connectivity index (χ1v) is 7.75. The number of anilines is 1. The second kappa shape index (κ2) is 5.73. The number of rotatable bonds is 2. The molecule has 1 saturated carbocycles. The Morgan fingerprint density at radius 1 is 1.24 bits per heavy atom. The third-order valence-corrected chi connectivity index (χ3v) is 4.93. The summed E-state index contributed by atoms with van der Waals surface area (Å²) in [5.41, 5.74) is 2.53. The second-order valence-corrected chi connectivity index (χ2v) is 6.19. The molecule has 0 aliphatic heterocycles. The third-order valence-electron chi connectivity index (χ3n) is 4.93. The van der Waals surface area contributed by atoms with Gasteiger partial charge in [-0.05, 0) is 24.3 Å². The standard InChI is InChI=1S/C18H21N3/c1-12-6-5-9-16(13(12)2)21-18-14(10-19)11-20-17-8-4-3-7-15(17)18/h3-4,7-8,11-13,16H,5-6,9H2,1-2H3,(H,20,21). The monoisotopic (exact) mass is 279 g/mol. The van der Waals surface area contributed by atoms with Gasteiger partial charge in [0, 0.05) is 17.6 Å². The van der Waals surface area contributed by atoms with Crippen molar-refractivity contribution in [3.63, 3.8) is 0 Å². The van der Waals surface area contributed by atoms with Crippen LogP contribution in [-0.2, 0) is 0 Å². The summed E-state index contributed by atoms with van der Waals surface area (Å²) in [6.45, 7) is 4.64. The van der Waals surface area contributed by atoms with Crippen molar-refractivity contribution in [1.29, 1.82) is 5.26 Å². The molecule has 0 saturated heterocycles. The van der Waals surface area contributed by atoms with Gasteiger partial charge in [0.1, 0.15) is 6.07 Å². The molecule has 3 heteroatoms. The summed E-state index contributed by atoms with van der Waals surface area (Å²) < 4.78 is 0. The Kier molecular flexibility index (Phi) is 3.79. The van der Waals surface area contributed by atoms with Crippen LogP contribution < -0.4 is 5.32 Å². The zero-order chi connectivity index (χ0) is 14.8. The lowest BCUT2D eigenvalue weighted by atomic mass is 9.78. The van der Waals surface area contributed by atoms with E-state index in [1.165, 1.54) is 19.3 Å². The highest BCUT2D eigenvalue weighted by Crippen LogP contribution is 2.34. The summed E-state index contributed by atoms with van der Waals surface area (Å²) in [4.78, 5) is 4.38. The maximum atomic E-state index is 9.40. The number of hydrogen-bond donors (Lipinski definition) is 1. The SMILES string of the molecule is CC1CCCC(Nc2c(C#N)cnc3ccccc23)C1C. The molecule has 0 bridgehead atoms. The summed E-state index contributed by atoms with van der Waals surface area (Å²) in [6, 6.07) is 10.7. The lowest BCUT2D eigenvalue weighted by Gasteiger charge is -2.35. The van der Waals surface area contributed by atoms with Crippen molar-refractivity contribution in [3.8, 4) is 6.07 Å². The first kappa shape index (κ1) is 13.9. The number of aromatic nitrogens is 1. The highest BCUT2D eigenvalue weighted by Gasteiger charge is 2.27. The molecular formula is C18H21N3. The van der Waals surface area contributed by atoms with Crippen molar-refractivity contribution in [2.75, 3.05) is 5.32 Å². The van der Waals surface area contributed by atoms with Crippen molar-refractivity contribution >= 4 is 16.6 Å². The lowest BCUT2D eigenvalue weighted by Crippen LogP contribution is -2.35. The van der Waals surface area contributed by atoms with Gasteiger partial charge >= 0.3 is 0 Å². The van der Waals surface area contributed by atoms with E-state index in [0.29, 0.717) is 17.5 Å². The molecule has 1 N–H and O–H groups in total. The van der Waals surface area contributed by atoms with Crippen LogP contribution in [0.1, 0.15) is 38.7 Å². The van der Waals surface area contributed by atoms with E-state index in [-0.39, 0.29) is 0 Å². The number of nitriles is 1. The number of nitrogens with zero attached hydrogens (tertiary/aromatic N) is 2. The molecule has 2 aromatic rings. The van der Waals surface area contributed by atoms with Gasteiger partial charge in [-0.15, -0.1) is 0 Å². The highest BCUT2D eigenvalue weighted by atomic mass is 14.9. The van der Waals surface area contributed by atoms with Gasteiger partial charge in [0.25, 0.3) is 0 Å². The van der Waals surface area contributed by atoms with Gasteiger partial charge in [-0.25, -0.2) is 0 Å². The average molecular weight is 279 g/mol. The van der Waals surface area contributed by atoms with Gasteiger partial charge in [-0.1, -0.05) is 44.9 Å². The van der Waals surface area contributed by atoms with Crippen LogP contribution in [0.3, 0.4) is 0 Å². The van der Waals surface area contributed by atoms with Crippen LogP contribution in [0.25, 0.3) is 10.9 Å². The first-order valence-electron chi connectivity index (χ1n) is 7.75. The minimum atomic E-state index is 0.437. The fourth-order valence-corrected chi connectivity index (χ4v) is 3.35. The van der Waals surface area contributed by atoms with E-state index in [2.05, 4.69) is 30.2 Å². The van der Waals surface area contributed by atoms with Crippen LogP contribution in [0.4, 0.5) is 5.69 Å². The van der Waals surface area contributed by atoms with E-state index in [1.54, 1.807) is 6.20 Å². The molecule has 1 aliphatic carbocycles. The summed E-state index contributed by atoms with van der Waals surface area (Å²) in [7, 11) is 0. The van der Waals surface area contributed by atoms with Crippen molar-refractivity contribution in [1.82, 2.24) is 4.98 Å². The van der Waals surface area contributed by atoms with Gasteiger partial charge in [0.2, 0.25) is 0 Å². The maximum absolute atomic E-state index is 9.40. The molecule has 21 heavy (non-hydrogen) atoms. The Morgan fingerprint density at radius 3 is 2.86 bits per heavy atom. The molecule has 108 valence electrons. The molecule has 3 unspecified atom stereocenters. The Bertz CT molecular complexity index is 686. The number of fused-ring (bicyclic) bond motifs is 1. The molecule has 3 atom stereocenters.